The van der Waals surface area contributed by atoms with Gasteiger partial charge in [0.2, 0.25) is 0 Å². The first-order valence-electron chi connectivity index (χ1n) is 6.10. The molecule has 0 aromatic carbocycles. The lowest BCUT2D eigenvalue weighted by molar-refractivity contribution is -0.145. The van der Waals surface area contributed by atoms with Gasteiger partial charge in [-0.25, -0.2) is 4.98 Å². The second-order valence-electron chi connectivity index (χ2n) is 4.88. The molecule has 2 N–H and O–H groups in total. The highest BCUT2D eigenvalue weighted by Crippen LogP contribution is 2.15. The molecule has 1 atom stereocenters. The van der Waals surface area contributed by atoms with E-state index in [2.05, 4.69) is 18.8 Å². The highest BCUT2D eigenvalue weighted by molar-refractivity contribution is 6.32. The number of carbonyl (C=O) groups is 1. The summed E-state index contributed by atoms with van der Waals surface area (Å²) < 4.78 is 5.13. The molecule has 1 aromatic heterocycles. The minimum absolute atomic E-state index is 0.120. The number of nitrogens with zero attached hydrogens (tertiary/aromatic N) is 1. The fourth-order valence-electron chi connectivity index (χ4n) is 1.72. The van der Waals surface area contributed by atoms with Crippen molar-refractivity contribution in [3.63, 3.8) is 0 Å². The number of ether oxygens (including phenoxy) is 1. The van der Waals surface area contributed by atoms with Gasteiger partial charge in [0.15, 0.2) is 0 Å². The largest absolute Gasteiger partial charge is 0.461 e. The van der Waals surface area contributed by atoms with Crippen LogP contribution in [-0.4, -0.2) is 17.0 Å². The monoisotopic (exact) mass is 304 g/mol. The van der Waals surface area contributed by atoms with E-state index < -0.39 is 0 Å². The minimum atomic E-state index is -0.322. The zero-order chi connectivity index (χ0) is 14.4. The van der Waals surface area contributed by atoms with Crippen molar-refractivity contribution in [3.05, 3.63) is 28.0 Å². The SMILES string of the molecule is CC(C)C[C@@H](N)CC(=O)OCc1cc(Cl)nc(Cl)c1. The van der Waals surface area contributed by atoms with Crippen molar-refractivity contribution in [1.29, 1.82) is 0 Å². The Morgan fingerprint density at radius 1 is 1.37 bits per heavy atom. The van der Waals surface area contributed by atoms with E-state index in [4.69, 9.17) is 33.7 Å². The summed E-state index contributed by atoms with van der Waals surface area (Å²) in [6.45, 7) is 4.24. The van der Waals surface area contributed by atoms with Crippen molar-refractivity contribution >= 4 is 29.2 Å². The van der Waals surface area contributed by atoms with Crippen LogP contribution in [0, 0.1) is 5.92 Å². The van der Waals surface area contributed by atoms with E-state index in [0.717, 1.165) is 6.42 Å². The van der Waals surface area contributed by atoms with E-state index in [1.54, 1.807) is 12.1 Å². The van der Waals surface area contributed by atoms with Crippen molar-refractivity contribution in [2.75, 3.05) is 0 Å². The molecular weight excluding hydrogens is 287 g/mol. The van der Waals surface area contributed by atoms with Gasteiger partial charge in [0, 0.05) is 6.04 Å². The van der Waals surface area contributed by atoms with Crippen molar-refractivity contribution in [1.82, 2.24) is 4.98 Å². The molecule has 6 heteroatoms. The van der Waals surface area contributed by atoms with E-state index in [0.29, 0.717) is 11.5 Å². The van der Waals surface area contributed by atoms with Crippen LogP contribution in [0.3, 0.4) is 0 Å². The summed E-state index contributed by atoms with van der Waals surface area (Å²) in [6, 6.07) is 3.04. The van der Waals surface area contributed by atoms with Gasteiger partial charge >= 0.3 is 5.97 Å². The lowest BCUT2D eigenvalue weighted by atomic mass is 10.0. The third kappa shape index (κ3) is 6.76. The van der Waals surface area contributed by atoms with E-state index in [1.807, 2.05) is 0 Å². The zero-order valence-corrected chi connectivity index (χ0v) is 12.5. The first-order valence-corrected chi connectivity index (χ1v) is 6.85. The lowest BCUT2D eigenvalue weighted by Crippen LogP contribution is -2.26. The van der Waals surface area contributed by atoms with Crippen LogP contribution in [-0.2, 0) is 16.1 Å². The molecule has 0 aliphatic rings. The number of carbonyl (C=O) groups excluding carboxylic acids is 1. The van der Waals surface area contributed by atoms with Gasteiger partial charge in [0.1, 0.15) is 16.9 Å². The number of halogens is 2. The molecule has 0 fully saturated rings. The van der Waals surface area contributed by atoms with Crippen LogP contribution in [0.1, 0.15) is 32.3 Å². The van der Waals surface area contributed by atoms with Crippen molar-refractivity contribution in [2.45, 2.75) is 39.3 Å². The van der Waals surface area contributed by atoms with E-state index in [1.165, 1.54) is 0 Å². The Hall–Kier alpha value is -0.840. The standard InChI is InChI=1S/C13H18Cl2N2O2/c1-8(2)3-10(16)6-13(18)19-7-9-4-11(14)17-12(15)5-9/h4-5,8,10H,3,6-7,16H2,1-2H3/t10-/m1/s1. The number of hydrogen-bond donors (Lipinski definition) is 1. The number of hydrogen-bond acceptors (Lipinski definition) is 4. The predicted octanol–water partition coefficient (Wildman–Crippen LogP) is 3.20. The van der Waals surface area contributed by atoms with Crippen molar-refractivity contribution < 1.29 is 9.53 Å². The molecule has 1 aromatic rings. The second-order valence-corrected chi connectivity index (χ2v) is 5.65. The summed E-state index contributed by atoms with van der Waals surface area (Å²) in [4.78, 5) is 15.4. The highest BCUT2D eigenvalue weighted by Gasteiger charge is 2.12. The molecule has 0 radical (unpaired) electrons. The van der Waals surface area contributed by atoms with Gasteiger partial charge in [-0.15, -0.1) is 0 Å². The number of aromatic nitrogens is 1. The molecule has 106 valence electrons. The Labute approximate surface area is 123 Å². The summed E-state index contributed by atoms with van der Waals surface area (Å²) in [5, 5.41) is 0.546. The van der Waals surface area contributed by atoms with Crippen molar-refractivity contribution in [3.8, 4) is 0 Å². The molecule has 0 aliphatic heterocycles. The molecule has 19 heavy (non-hydrogen) atoms. The third-order valence-electron chi connectivity index (χ3n) is 2.43. The lowest BCUT2D eigenvalue weighted by Gasteiger charge is -2.13. The third-order valence-corrected chi connectivity index (χ3v) is 2.81. The molecule has 0 aliphatic carbocycles. The highest BCUT2D eigenvalue weighted by atomic mass is 35.5. The maximum Gasteiger partial charge on any atom is 0.307 e. The molecule has 0 unspecified atom stereocenters. The molecule has 4 nitrogen and oxygen atoms in total. The molecular formula is C13H18Cl2N2O2. The Balaban J connectivity index is 2.41. The first kappa shape index (κ1) is 16.2. The average Bonchev–Trinajstić information content (AvgIpc) is 2.23. The number of esters is 1. The van der Waals surface area contributed by atoms with Crippen LogP contribution in [0.25, 0.3) is 0 Å². The zero-order valence-electron chi connectivity index (χ0n) is 11.0. The average molecular weight is 305 g/mol. The van der Waals surface area contributed by atoms with Crippen LogP contribution in [0.2, 0.25) is 10.3 Å². The molecule has 0 bridgehead atoms. The molecule has 0 amide bonds. The molecule has 0 spiro atoms. The van der Waals surface area contributed by atoms with Crippen LogP contribution >= 0.6 is 23.2 Å². The molecule has 0 saturated heterocycles. The van der Waals surface area contributed by atoms with E-state index >= 15 is 0 Å². The number of rotatable bonds is 6. The fourth-order valence-corrected chi connectivity index (χ4v) is 2.23. The van der Waals surface area contributed by atoms with Gasteiger partial charge < -0.3 is 10.5 Å². The maximum absolute atomic E-state index is 11.6. The smallest absolute Gasteiger partial charge is 0.307 e. The number of pyridine rings is 1. The first-order chi connectivity index (χ1) is 8.86. The molecule has 1 heterocycles. The minimum Gasteiger partial charge on any atom is -0.461 e. The van der Waals surface area contributed by atoms with E-state index in [9.17, 15) is 4.79 Å². The summed E-state index contributed by atoms with van der Waals surface area (Å²) >= 11 is 11.5. The van der Waals surface area contributed by atoms with Gasteiger partial charge in [-0.2, -0.15) is 0 Å². The van der Waals surface area contributed by atoms with Gasteiger partial charge in [-0.1, -0.05) is 37.0 Å². The normalized spacial score (nSPS) is 12.5. The summed E-state index contributed by atoms with van der Waals surface area (Å²) in [7, 11) is 0. The quantitative estimate of drug-likeness (QED) is 0.647. The Kier molecular flexibility index (Phi) is 6.55. The van der Waals surface area contributed by atoms with Crippen LogP contribution in [0.4, 0.5) is 0 Å². The van der Waals surface area contributed by atoms with Crippen LogP contribution in [0.5, 0.6) is 0 Å². The Morgan fingerprint density at radius 2 is 1.95 bits per heavy atom. The Morgan fingerprint density at radius 3 is 2.47 bits per heavy atom. The molecule has 1 rings (SSSR count). The van der Waals surface area contributed by atoms with E-state index in [-0.39, 0.29) is 35.3 Å². The van der Waals surface area contributed by atoms with Crippen molar-refractivity contribution in [2.24, 2.45) is 11.7 Å². The summed E-state index contributed by atoms with van der Waals surface area (Å²) in [6.07, 6.45) is 1.01. The van der Waals surface area contributed by atoms with Crippen LogP contribution in [0.15, 0.2) is 12.1 Å². The number of nitrogens with two attached hydrogens (primary N) is 1. The summed E-state index contributed by atoms with van der Waals surface area (Å²) in [5.41, 5.74) is 6.54. The van der Waals surface area contributed by atoms with Crippen LogP contribution < -0.4 is 5.73 Å². The van der Waals surface area contributed by atoms with Gasteiger partial charge in [-0.3, -0.25) is 4.79 Å². The maximum atomic E-state index is 11.6. The predicted molar refractivity (Wildman–Crippen MR) is 76.1 cm³/mol. The second kappa shape index (κ2) is 7.68. The molecule has 0 saturated carbocycles. The summed E-state index contributed by atoms with van der Waals surface area (Å²) in [5.74, 6) is 0.137. The van der Waals surface area contributed by atoms with Gasteiger partial charge in [0.05, 0.1) is 6.42 Å². The van der Waals surface area contributed by atoms with Gasteiger partial charge in [0.25, 0.3) is 0 Å². The topological polar surface area (TPSA) is 65.2 Å². The van der Waals surface area contributed by atoms with Gasteiger partial charge in [-0.05, 0) is 30.0 Å². The Bertz CT molecular complexity index is 418. The fraction of sp³-hybridized carbons (Fsp3) is 0.538.